The monoisotopic (exact) mass is 340 g/mol. The highest BCUT2D eigenvalue weighted by atomic mass is 32.1. The van der Waals surface area contributed by atoms with Gasteiger partial charge in [-0.25, -0.2) is 4.98 Å². The van der Waals surface area contributed by atoms with Crippen LogP contribution in [0.4, 0.5) is 0 Å². The molecule has 4 rings (SSSR count). The Balaban J connectivity index is 1.65. The van der Waals surface area contributed by atoms with E-state index in [0.717, 1.165) is 42.4 Å². The Bertz CT molecular complexity index is 872. The van der Waals surface area contributed by atoms with Crippen LogP contribution in [0.2, 0.25) is 0 Å². The summed E-state index contributed by atoms with van der Waals surface area (Å²) in [6, 6.07) is 8.31. The molecule has 0 saturated carbocycles. The van der Waals surface area contributed by atoms with Gasteiger partial charge in [0, 0.05) is 43.3 Å². The molecule has 0 N–H and O–H groups in total. The Morgan fingerprint density at radius 3 is 2.54 bits per heavy atom. The van der Waals surface area contributed by atoms with Crippen LogP contribution < -0.4 is 0 Å². The summed E-state index contributed by atoms with van der Waals surface area (Å²) in [4.78, 5) is 22.6. The molecule has 124 valence electrons. The first-order valence-corrected chi connectivity index (χ1v) is 9.01. The molecule has 1 aromatic carbocycles. The van der Waals surface area contributed by atoms with Gasteiger partial charge in [-0.2, -0.15) is 0 Å². The number of aryl methyl sites for hydroxylation is 1. The lowest BCUT2D eigenvalue weighted by Gasteiger charge is -2.32. The molecule has 5 nitrogen and oxygen atoms in total. The molecule has 24 heavy (non-hydrogen) atoms. The summed E-state index contributed by atoms with van der Waals surface area (Å²) in [6.07, 6.45) is 1.97. The number of carbonyl (C=O) groups excluding carboxylic acids is 1. The summed E-state index contributed by atoms with van der Waals surface area (Å²) in [5.74, 6) is 0.0993. The Morgan fingerprint density at radius 2 is 1.83 bits per heavy atom. The number of nitrogens with zero attached hydrogens (tertiary/aromatic N) is 4. The van der Waals surface area contributed by atoms with Crippen LogP contribution in [0.1, 0.15) is 16.1 Å². The summed E-state index contributed by atoms with van der Waals surface area (Å²) in [5, 5.41) is 1.92. The molecule has 0 bridgehead atoms. The number of imidazole rings is 1. The predicted octanol–water partition coefficient (Wildman–Crippen LogP) is 2.76. The number of fused-ring (bicyclic) bond motifs is 1. The van der Waals surface area contributed by atoms with E-state index in [4.69, 9.17) is 0 Å². The third-order valence-electron chi connectivity index (χ3n) is 4.57. The molecule has 6 heteroatoms. The van der Waals surface area contributed by atoms with Crippen molar-refractivity contribution in [3.05, 3.63) is 47.1 Å². The lowest BCUT2D eigenvalue weighted by molar-refractivity contribution is 0.0657. The van der Waals surface area contributed by atoms with E-state index in [0.29, 0.717) is 5.69 Å². The van der Waals surface area contributed by atoms with E-state index in [9.17, 15) is 4.79 Å². The Morgan fingerprint density at radius 1 is 1.12 bits per heavy atom. The van der Waals surface area contributed by atoms with Gasteiger partial charge in [-0.1, -0.05) is 29.8 Å². The fourth-order valence-electron chi connectivity index (χ4n) is 2.97. The molecule has 1 amide bonds. The second-order valence-electron chi connectivity index (χ2n) is 6.36. The third-order valence-corrected chi connectivity index (χ3v) is 5.41. The zero-order valence-corrected chi connectivity index (χ0v) is 14.7. The molecule has 1 aliphatic rings. The first-order chi connectivity index (χ1) is 11.6. The SMILES string of the molecule is Cc1ccc(-c2cn3c(C(=O)N4CCN(C)CC4)csc3n2)cc1. The van der Waals surface area contributed by atoms with Gasteiger partial charge in [0.05, 0.1) is 5.69 Å². The zero-order chi connectivity index (χ0) is 16.7. The number of benzene rings is 1. The molecule has 3 aromatic rings. The second kappa shape index (κ2) is 6.03. The van der Waals surface area contributed by atoms with E-state index in [1.807, 2.05) is 20.9 Å². The minimum atomic E-state index is 0.0993. The standard InChI is InChI=1S/C18H20N4OS/c1-13-3-5-14(6-4-13)15-11-22-16(12-24-18(22)19-15)17(23)21-9-7-20(2)8-10-21/h3-6,11-12H,7-10H2,1-2H3. The van der Waals surface area contributed by atoms with E-state index in [1.54, 1.807) is 0 Å². The highest BCUT2D eigenvalue weighted by molar-refractivity contribution is 7.15. The first kappa shape index (κ1) is 15.4. The lowest BCUT2D eigenvalue weighted by atomic mass is 10.1. The van der Waals surface area contributed by atoms with E-state index in [1.165, 1.54) is 16.9 Å². The fraction of sp³-hybridized carbons (Fsp3) is 0.333. The second-order valence-corrected chi connectivity index (χ2v) is 7.20. The maximum atomic E-state index is 12.8. The van der Waals surface area contributed by atoms with E-state index < -0.39 is 0 Å². The van der Waals surface area contributed by atoms with Crippen LogP contribution in [-0.2, 0) is 0 Å². The van der Waals surface area contributed by atoms with Crippen molar-refractivity contribution in [1.29, 1.82) is 0 Å². The van der Waals surface area contributed by atoms with Crippen LogP contribution in [-0.4, -0.2) is 58.3 Å². The number of amides is 1. The number of rotatable bonds is 2. The fourth-order valence-corrected chi connectivity index (χ4v) is 3.82. The van der Waals surface area contributed by atoms with Crippen LogP contribution in [0, 0.1) is 6.92 Å². The van der Waals surface area contributed by atoms with Gasteiger partial charge in [0.25, 0.3) is 5.91 Å². The maximum absolute atomic E-state index is 12.8. The summed E-state index contributed by atoms with van der Waals surface area (Å²) in [7, 11) is 2.09. The predicted molar refractivity (Wildman–Crippen MR) is 96.6 cm³/mol. The topological polar surface area (TPSA) is 40.9 Å². The molecular weight excluding hydrogens is 320 g/mol. The van der Waals surface area contributed by atoms with Crippen molar-refractivity contribution < 1.29 is 4.79 Å². The summed E-state index contributed by atoms with van der Waals surface area (Å²) in [5.41, 5.74) is 3.93. The summed E-state index contributed by atoms with van der Waals surface area (Å²) < 4.78 is 1.93. The molecule has 1 aliphatic heterocycles. The van der Waals surface area contributed by atoms with Gasteiger partial charge < -0.3 is 9.80 Å². The number of hydrogen-bond acceptors (Lipinski definition) is 4. The van der Waals surface area contributed by atoms with Crippen molar-refractivity contribution in [1.82, 2.24) is 19.2 Å². The maximum Gasteiger partial charge on any atom is 0.271 e. The molecular formula is C18H20N4OS. The molecule has 0 spiro atoms. The van der Waals surface area contributed by atoms with E-state index in [2.05, 4.69) is 48.1 Å². The molecule has 0 unspecified atom stereocenters. The molecule has 0 aliphatic carbocycles. The number of hydrogen-bond donors (Lipinski definition) is 0. The van der Waals surface area contributed by atoms with Gasteiger partial charge in [0.2, 0.25) is 0 Å². The van der Waals surface area contributed by atoms with Crippen LogP contribution in [0.25, 0.3) is 16.2 Å². The van der Waals surface area contributed by atoms with Crippen molar-refractivity contribution >= 4 is 22.2 Å². The normalized spacial score (nSPS) is 16.0. The third kappa shape index (κ3) is 2.72. The molecule has 0 radical (unpaired) electrons. The number of aromatic nitrogens is 2. The highest BCUT2D eigenvalue weighted by Gasteiger charge is 2.23. The Kier molecular flexibility index (Phi) is 3.86. The highest BCUT2D eigenvalue weighted by Crippen LogP contribution is 2.24. The van der Waals surface area contributed by atoms with E-state index >= 15 is 0 Å². The first-order valence-electron chi connectivity index (χ1n) is 8.13. The van der Waals surface area contributed by atoms with Crippen molar-refractivity contribution in [3.63, 3.8) is 0 Å². The minimum absolute atomic E-state index is 0.0993. The van der Waals surface area contributed by atoms with Crippen LogP contribution in [0.5, 0.6) is 0 Å². The van der Waals surface area contributed by atoms with E-state index in [-0.39, 0.29) is 5.91 Å². The van der Waals surface area contributed by atoms with Gasteiger partial charge in [-0.3, -0.25) is 9.20 Å². The van der Waals surface area contributed by atoms with Gasteiger partial charge in [0.15, 0.2) is 4.96 Å². The lowest BCUT2D eigenvalue weighted by Crippen LogP contribution is -2.47. The smallest absolute Gasteiger partial charge is 0.271 e. The van der Waals surface area contributed by atoms with Crippen molar-refractivity contribution in [2.24, 2.45) is 0 Å². The Labute approximate surface area is 145 Å². The molecule has 3 heterocycles. The average Bonchev–Trinajstić information content (AvgIpc) is 3.16. The molecule has 1 fully saturated rings. The van der Waals surface area contributed by atoms with Crippen LogP contribution in [0.3, 0.4) is 0 Å². The zero-order valence-electron chi connectivity index (χ0n) is 13.9. The number of carbonyl (C=O) groups is 1. The van der Waals surface area contributed by atoms with Crippen LogP contribution >= 0.6 is 11.3 Å². The van der Waals surface area contributed by atoms with Crippen molar-refractivity contribution in [2.45, 2.75) is 6.92 Å². The molecule has 2 aromatic heterocycles. The van der Waals surface area contributed by atoms with Gasteiger partial charge in [-0.15, -0.1) is 11.3 Å². The van der Waals surface area contributed by atoms with Gasteiger partial charge >= 0.3 is 0 Å². The molecule has 0 atom stereocenters. The Hall–Kier alpha value is -2.18. The van der Waals surface area contributed by atoms with Gasteiger partial charge in [0.1, 0.15) is 5.69 Å². The largest absolute Gasteiger partial charge is 0.335 e. The average molecular weight is 340 g/mol. The minimum Gasteiger partial charge on any atom is -0.335 e. The van der Waals surface area contributed by atoms with Crippen molar-refractivity contribution in [3.8, 4) is 11.3 Å². The molecule has 1 saturated heterocycles. The number of piperazine rings is 1. The summed E-state index contributed by atoms with van der Waals surface area (Å²) in [6.45, 7) is 5.50. The number of thiazole rings is 1. The summed E-state index contributed by atoms with van der Waals surface area (Å²) >= 11 is 1.52. The number of likely N-dealkylation sites (N-methyl/N-ethyl adjacent to an activating group) is 1. The van der Waals surface area contributed by atoms with Crippen LogP contribution in [0.15, 0.2) is 35.8 Å². The van der Waals surface area contributed by atoms with Crippen molar-refractivity contribution in [2.75, 3.05) is 33.2 Å². The quantitative estimate of drug-likeness (QED) is 0.720. The van der Waals surface area contributed by atoms with Gasteiger partial charge in [-0.05, 0) is 14.0 Å².